The van der Waals surface area contributed by atoms with Crippen LogP contribution in [0.25, 0.3) is 0 Å². The highest BCUT2D eigenvalue weighted by Gasteiger charge is 2.26. The molecule has 0 fully saturated rings. The van der Waals surface area contributed by atoms with Crippen molar-refractivity contribution < 1.29 is 4.39 Å². The van der Waals surface area contributed by atoms with Gasteiger partial charge in [0, 0.05) is 11.5 Å². The summed E-state index contributed by atoms with van der Waals surface area (Å²) in [6.07, 6.45) is 0.921. The Hall–Kier alpha value is -0.890. The molecule has 1 aromatic carbocycles. The first-order chi connectivity index (χ1) is 6.48. The molecule has 0 aliphatic heterocycles. The maximum absolute atomic E-state index is 12.7. The molecular formula is C12H18FN. The van der Waals surface area contributed by atoms with Crippen molar-refractivity contribution in [2.75, 3.05) is 0 Å². The Labute approximate surface area is 85.1 Å². The van der Waals surface area contributed by atoms with Crippen LogP contribution in [0, 0.1) is 5.82 Å². The molecule has 1 atom stereocenters. The Morgan fingerprint density at radius 2 is 1.79 bits per heavy atom. The third-order valence-electron chi connectivity index (χ3n) is 2.96. The predicted octanol–water partition coefficient (Wildman–Crippen LogP) is 2.84. The van der Waals surface area contributed by atoms with Crippen molar-refractivity contribution in [3.8, 4) is 0 Å². The molecule has 0 aliphatic carbocycles. The SMILES string of the molecule is CCC(N)C(C)(C)c1ccc(F)cc1. The third-order valence-corrected chi connectivity index (χ3v) is 2.96. The van der Waals surface area contributed by atoms with Crippen molar-refractivity contribution in [1.29, 1.82) is 0 Å². The predicted molar refractivity (Wildman–Crippen MR) is 57.7 cm³/mol. The minimum atomic E-state index is -0.199. The largest absolute Gasteiger partial charge is 0.327 e. The molecule has 0 saturated heterocycles. The summed E-state index contributed by atoms with van der Waals surface area (Å²) in [5.74, 6) is -0.199. The molecule has 0 bridgehead atoms. The first kappa shape index (κ1) is 11.2. The van der Waals surface area contributed by atoms with Gasteiger partial charge in [-0.05, 0) is 24.1 Å². The summed E-state index contributed by atoms with van der Waals surface area (Å²) in [6.45, 7) is 6.25. The van der Waals surface area contributed by atoms with Gasteiger partial charge in [-0.3, -0.25) is 0 Å². The highest BCUT2D eigenvalue weighted by atomic mass is 19.1. The molecule has 0 aromatic heterocycles. The summed E-state index contributed by atoms with van der Waals surface area (Å²) >= 11 is 0. The fourth-order valence-electron chi connectivity index (χ4n) is 1.60. The molecule has 2 N–H and O–H groups in total. The van der Waals surface area contributed by atoms with Gasteiger partial charge < -0.3 is 5.73 Å². The number of hydrogen-bond acceptors (Lipinski definition) is 1. The quantitative estimate of drug-likeness (QED) is 0.788. The normalized spacial score (nSPS) is 14.1. The standard InChI is InChI=1S/C12H18FN/c1-4-11(14)12(2,3)9-5-7-10(13)8-6-9/h5-8,11H,4,14H2,1-3H3. The Balaban J connectivity index is 2.97. The number of halogens is 1. The van der Waals surface area contributed by atoms with Gasteiger partial charge in [0.2, 0.25) is 0 Å². The highest BCUT2D eigenvalue weighted by Crippen LogP contribution is 2.27. The molecule has 1 aromatic rings. The van der Waals surface area contributed by atoms with Crippen LogP contribution in [0.4, 0.5) is 4.39 Å². The molecule has 14 heavy (non-hydrogen) atoms. The molecule has 0 amide bonds. The van der Waals surface area contributed by atoms with Crippen LogP contribution in [0.3, 0.4) is 0 Å². The fourth-order valence-corrected chi connectivity index (χ4v) is 1.60. The minimum Gasteiger partial charge on any atom is -0.327 e. The van der Waals surface area contributed by atoms with Gasteiger partial charge in [0.05, 0.1) is 0 Å². The second kappa shape index (κ2) is 4.09. The minimum absolute atomic E-state index is 0.0948. The average molecular weight is 195 g/mol. The lowest BCUT2D eigenvalue weighted by Crippen LogP contribution is -2.40. The van der Waals surface area contributed by atoms with Gasteiger partial charge in [-0.25, -0.2) is 4.39 Å². The molecular weight excluding hydrogens is 177 g/mol. The number of nitrogens with two attached hydrogens (primary N) is 1. The lowest BCUT2D eigenvalue weighted by molar-refractivity contribution is 0.399. The molecule has 2 heteroatoms. The maximum Gasteiger partial charge on any atom is 0.123 e. The Kier molecular flexibility index (Phi) is 3.27. The topological polar surface area (TPSA) is 26.0 Å². The number of hydrogen-bond donors (Lipinski definition) is 1. The Morgan fingerprint density at radius 3 is 2.21 bits per heavy atom. The van der Waals surface area contributed by atoms with Crippen molar-refractivity contribution in [2.45, 2.75) is 38.6 Å². The van der Waals surface area contributed by atoms with Crippen LogP contribution in [-0.2, 0) is 5.41 Å². The number of rotatable bonds is 3. The maximum atomic E-state index is 12.7. The molecule has 1 nitrogen and oxygen atoms in total. The van der Waals surface area contributed by atoms with E-state index in [1.165, 1.54) is 12.1 Å². The average Bonchev–Trinajstić information content (AvgIpc) is 2.17. The summed E-state index contributed by atoms with van der Waals surface area (Å²) in [4.78, 5) is 0. The summed E-state index contributed by atoms with van der Waals surface area (Å²) in [5, 5.41) is 0. The van der Waals surface area contributed by atoms with E-state index in [0.29, 0.717) is 0 Å². The second-order valence-electron chi connectivity index (χ2n) is 4.24. The summed E-state index contributed by atoms with van der Waals surface area (Å²) in [6, 6.07) is 6.70. The highest BCUT2D eigenvalue weighted by molar-refractivity contribution is 5.26. The Bertz CT molecular complexity index is 290. The van der Waals surface area contributed by atoms with Crippen LogP contribution in [-0.4, -0.2) is 6.04 Å². The summed E-state index contributed by atoms with van der Waals surface area (Å²) < 4.78 is 12.7. The molecule has 1 rings (SSSR count). The fraction of sp³-hybridized carbons (Fsp3) is 0.500. The first-order valence-electron chi connectivity index (χ1n) is 5.00. The van der Waals surface area contributed by atoms with E-state index in [4.69, 9.17) is 5.73 Å². The van der Waals surface area contributed by atoms with Crippen LogP contribution in [0.5, 0.6) is 0 Å². The molecule has 78 valence electrons. The zero-order chi connectivity index (χ0) is 10.8. The first-order valence-corrected chi connectivity index (χ1v) is 5.00. The smallest absolute Gasteiger partial charge is 0.123 e. The Morgan fingerprint density at radius 1 is 1.29 bits per heavy atom. The lowest BCUT2D eigenvalue weighted by atomic mass is 9.77. The van der Waals surface area contributed by atoms with E-state index in [0.717, 1.165) is 12.0 Å². The molecule has 0 aliphatic rings. The third kappa shape index (κ3) is 2.13. The van der Waals surface area contributed by atoms with E-state index in [1.807, 2.05) is 12.1 Å². The van der Waals surface area contributed by atoms with Gasteiger partial charge in [-0.2, -0.15) is 0 Å². The van der Waals surface area contributed by atoms with E-state index >= 15 is 0 Å². The zero-order valence-corrected chi connectivity index (χ0v) is 9.05. The molecule has 0 heterocycles. The van der Waals surface area contributed by atoms with Gasteiger partial charge in [0.15, 0.2) is 0 Å². The van der Waals surface area contributed by atoms with Crippen molar-refractivity contribution in [1.82, 2.24) is 0 Å². The number of benzene rings is 1. The van der Waals surface area contributed by atoms with Crippen LogP contribution < -0.4 is 5.73 Å². The zero-order valence-electron chi connectivity index (χ0n) is 9.05. The molecule has 0 saturated carbocycles. The van der Waals surface area contributed by atoms with Gasteiger partial charge in [-0.15, -0.1) is 0 Å². The monoisotopic (exact) mass is 195 g/mol. The van der Waals surface area contributed by atoms with Gasteiger partial charge in [-0.1, -0.05) is 32.9 Å². The molecule has 0 radical (unpaired) electrons. The van der Waals surface area contributed by atoms with E-state index in [9.17, 15) is 4.39 Å². The van der Waals surface area contributed by atoms with E-state index in [-0.39, 0.29) is 17.3 Å². The van der Waals surface area contributed by atoms with Crippen LogP contribution >= 0.6 is 0 Å². The van der Waals surface area contributed by atoms with Crippen molar-refractivity contribution in [3.63, 3.8) is 0 Å². The van der Waals surface area contributed by atoms with Crippen molar-refractivity contribution in [2.24, 2.45) is 5.73 Å². The van der Waals surface area contributed by atoms with Crippen LogP contribution in [0.1, 0.15) is 32.8 Å². The van der Waals surface area contributed by atoms with Crippen molar-refractivity contribution >= 4 is 0 Å². The summed E-state index contributed by atoms with van der Waals surface area (Å²) in [7, 11) is 0. The van der Waals surface area contributed by atoms with E-state index in [1.54, 1.807) is 0 Å². The summed E-state index contributed by atoms with van der Waals surface area (Å²) in [5.41, 5.74) is 7.02. The van der Waals surface area contributed by atoms with Crippen LogP contribution in [0.15, 0.2) is 24.3 Å². The molecule has 0 spiro atoms. The molecule has 1 unspecified atom stereocenters. The van der Waals surface area contributed by atoms with Gasteiger partial charge in [0.25, 0.3) is 0 Å². The lowest BCUT2D eigenvalue weighted by Gasteiger charge is -2.31. The van der Waals surface area contributed by atoms with Crippen LogP contribution in [0.2, 0.25) is 0 Å². The second-order valence-corrected chi connectivity index (χ2v) is 4.24. The van der Waals surface area contributed by atoms with Gasteiger partial charge in [0.1, 0.15) is 5.82 Å². The van der Waals surface area contributed by atoms with Crippen molar-refractivity contribution in [3.05, 3.63) is 35.6 Å². The van der Waals surface area contributed by atoms with Gasteiger partial charge >= 0.3 is 0 Å². The van der Waals surface area contributed by atoms with E-state index < -0.39 is 0 Å². The van der Waals surface area contributed by atoms with E-state index in [2.05, 4.69) is 20.8 Å².